The van der Waals surface area contributed by atoms with Crippen molar-refractivity contribution in [3.8, 4) is 0 Å². The maximum absolute atomic E-state index is 5.65. The van der Waals surface area contributed by atoms with Gasteiger partial charge in [0.05, 0.1) is 0 Å². The van der Waals surface area contributed by atoms with E-state index in [9.17, 15) is 0 Å². The number of ether oxygens (including phenoxy) is 2. The van der Waals surface area contributed by atoms with Crippen molar-refractivity contribution in [3.05, 3.63) is 0 Å². The molecule has 0 aromatic rings. The van der Waals surface area contributed by atoms with E-state index >= 15 is 0 Å². The third kappa shape index (κ3) is 7.91. The predicted octanol–water partition coefficient (Wildman–Crippen LogP) is 2.12. The number of hydrogen-bond donors (Lipinski definition) is 0. The standard InChI is InChI=1S/C7H13O2.2C2H5O.Zr/c1-2-3-4-8-5-7-6-9-7;2*1-2-3;/h7H,1-6H2;2*2H2,1H3;/q;2*-1;+2. The third-order valence-electron chi connectivity index (χ3n) is 2.24. The van der Waals surface area contributed by atoms with Gasteiger partial charge in [-0.25, -0.2) is 0 Å². The summed E-state index contributed by atoms with van der Waals surface area (Å²) >= 11 is -1.93. The average Bonchev–Trinajstić information content (AvgIpc) is 3.07. The molecule has 0 amide bonds. The molecule has 1 unspecified atom stereocenters. The molecule has 1 rings (SSSR count). The number of rotatable bonds is 11. The van der Waals surface area contributed by atoms with Crippen molar-refractivity contribution in [2.45, 2.75) is 36.9 Å². The second kappa shape index (κ2) is 9.72. The average molecular weight is 311 g/mol. The van der Waals surface area contributed by atoms with Crippen molar-refractivity contribution >= 4 is 0 Å². The fourth-order valence-corrected chi connectivity index (χ4v) is 5.18. The van der Waals surface area contributed by atoms with Gasteiger partial charge in [0.25, 0.3) is 0 Å². The van der Waals surface area contributed by atoms with E-state index in [-0.39, 0.29) is 0 Å². The molecule has 1 atom stereocenters. The minimum atomic E-state index is -1.93. The molecular weight excluding hydrogens is 287 g/mol. The Bertz CT molecular complexity index is 158. The summed E-state index contributed by atoms with van der Waals surface area (Å²) in [7, 11) is 0. The molecule has 1 heterocycles. The quantitative estimate of drug-likeness (QED) is 0.433. The Morgan fingerprint density at radius 2 is 1.88 bits per heavy atom. The molecule has 0 N–H and O–H groups in total. The Kier molecular flexibility index (Phi) is 8.98. The first kappa shape index (κ1) is 14.8. The van der Waals surface area contributed by atoms with Crippen LogP contribution >= 0.6 is 0 Å². The summed E-state index contributed by atoms with van der Waals surface area (Å²) in [5, 5.41) is 0. The molecule has 1 aliphatic heterocycles. The first-order chi connectivity index (χ1) is 7.86. The Morgan fingerprint density at radius 1 is 1.19 bits per heavy atom. The van der Waals surface area contributed by atoms with Crippen molar-refractivity contribution in [2.24, 2.45) is 0 Å². The van der Waals surface area contributed by atoms with Gasteiger partial charge in [-0.2, -0.15) is 0 Å². The molecule has 0 saturated carbocycles. The van der Waals surface area contributed by atoms with Gasteiger partial charge in [0.15, 0.2) is 0 Å². The maximum atomic E-state index is 5.65. The van der Waals surface area contributed by atoms with Crippen molar-refractivity contribution in [1.29, 1.82) is 0 Å². The van der Waals surface area contributed by atoms with Gasteiger partial charge in [-0.15, -0.1) is 0 Å². The van der Waals surface area contributed by atoms with Crippen molar-refractivity contribution in [2.75, 3.05) is 33.0 Å². The molecule has 16 heavy (non-hydrogen) atoms. The number of epoxide rings is 1. The van der Waals surface area contributed by atoms with Crippen LogP contribution in [0.4, 0.5) is 0 Å². The van der Waals surface area contributed by atoms with Crippen LogP contribution < -0.4 is 0 Å². The first-order valence-electron chi connectivity index (χ1n) is 6.17. The summed E-state index contributed by atoms with van der Waals surface area (Å²) in [6.07, 6.45) is 2.66. The topological polar surface area (TPSA) is 40.2 Å². The van der Waals surface area contributed by atoms with E-state index in [1.807, 2.05) is 13.8 Å². The summed E-state index contributed by atoms with van der Waals surface area (Å²) in [5.74, 6) is 0. The van der Waals surface area contributed by atoms with Gasteiger partial charge in [0, 0.05) is 0 Å². The zero-order valence-electron chi connectivity index (χ0n) is 10.4. The molecule has 0 aromatic carbocycles. The van der Waals surface area contributed by atoms with Crippen LogP contribution in [0.25, 0.3) is 0 Å². The SMILES string of the molecule is CC[O][Zr]([CH2]CCCOCC1CO1)[O]CC. The fraction of sp³-hybridized carbons (Fsp3) is 1.00. The Balaban J connectivity index is 1.85. The van der Waals surface area contributed by atoms with E-state index in [1.165, 1.54) is 6.42 Å². The van der Waals surface area contributed by atoms with E-state index in [2.05, 4.69) is 0 Å². The van der Waals surface area contributed by atoms with Gasteiger partial charge in [-0.05, 0) is 0 Å². The summed E-state index contributed by atoms with van der Waals surface area (Å²) < 4.78 is 23.0. The van der Waals surface area contributed by atoms with Crippen molar-refractivity contribution in [1.82, 2.24) is 0 Å². The van der Waals surface area contributed by atoms with Crippen LogP contribution in [0.1, 0.15) is 26.7 Å². The molecule has 0 spiro atoms. The molecule has 1 aliphatic rings. The minimum absolute atomic E-state index is 0.387. The van der Waals surface area contributed by atoms with Gasteiger partial charge in [-0.1, -0.05) is 0 Å². The molecule has 95 valence electrons. The molecule has 0 radical (unpaired) electrons. The Morgan fingerprint density at radius 3 is 2.44 bits per heavy atom. The van der Waals surface area contributed by atoms with Crippen LogP contribution in [-0.4, -0.2) is 39.1 Å². The van der Waals surface area contributed by atoms with E-state index in [4.69, 9.17) is 15.1 Å². The zero-order valence-corrected chi connectivity index (χ0v) is 12.8. The second-order valence-electron chi connectivity index (χ2n) is 3.73. The Hall–Kier alpha value is 0.723. The zero-order chi connectivity index (χ0) is 11.6. The van der Waals surface area contributed by atoms with E-state index in [0.717, 1.165) is 43.6 Å². The van der Waals surface area contributed by atoms with E-state index in [0.29, 0.717) is 6.10 Å². The number of unbranched alkanes of at least 4 members (excludes halogenated alkanes) is 1. The molecule has 0 aliphatic carbocycles. The Labute approximate surface area is 108 Å². The normalized spacial score (nSPS) is 18.8. The molecule has 5 heteroatoms. The van der Waals surface area contributed by atoms with Crippen LogP contribution in [0.2, 0.25) is 4.13 Å². The van der Waals surface area contributed by atoms with Crippen LogP contribution in [0.15, 0.2) is 0 Å². The van der Waals surface area contributed by atoms with Gasteiger partial charge < -0.3 is 0 Å². The summed E-state index contributed by atoms with van der Waals surface area (Å²) in [6.45, 7) is 8.16. The van der Waals surface area contributed by atoms with Crippen LogP contribution in [-0.2, 0) is 37.7 Å². The summed E-state index contributed by atoms with van der Waals surface area (Å²) in [4.78, 5) is 0. The fourth-order valence-electron chi connectivity index (χ4n) is 1.36. The van der Waals surface area contributed by atoms with E-state index in [1.54, 1.807) is 0 Å². The molecular formula is C11H23O4Zr. The first-order valence-corrected chi connectivity index (χ1v) is 9.92. The van der Waals surface area contributed by atoms with Crippen molar-refractivity contribution in [3.63, 3.8) is 0 Å². The van der Waals surface area contributed by atoms with Gasteiger partial charge in [0.1, 0.15) is 0 Å². The molecule has 0 aromatic heterocycles. The monoisotopic (exact) mass is 309 g/mol. The van der Waals surface area contributed by atoms with Gasteiger partial charge >= 0.3 is 108 Å². The molecule has 4 nitrogen and oxygen atoms in total. The summed E-state index contributed by atoms with van der Waals surface area (Å²) in [5.41, 5.74) is 0. The van der Waals surface area contributed by atoms with Gasteiger partial charge in [-0.3, -0.25) is 0 Å². The van der Waals surface area contributed by atoms with Crippen LogP contribution in [0.5, 0.6) is 0 Å². The van der Waals surface area contributed by atoms with Crippen molar-refractivity contribution < 1.29 is 37.7 Å². The van der Waals surface area contributed by atoms with Gasteiger partial charge in [0.2, 0.25) is 0 Å². The molecule has 1 fully saturated rings. The van der Waals surface area contributed by atoms with Crippen LogP contribution in [0, 0.1) is 0 Å². The van der Waals surface area contributed by atoms with Crippen LogP contribution in [0.3, 0.4) is 0 Å². The number of hydrogen-bond acceptors (Lipinski definition) is 4. The second-order valence-corrected chi connectivity index (χ2v) is 8.20. The summed E-state index contributed by atoms with van der Waals surface area (Å²) in [6, 6.07) is 0. The third-order valence-corrected chi connectivity index (χ3v) is 7.11. The molecule has 1 saturated heterocycles. The molecule has 0 bridgehead atoms. The van der Waals surface area contributed by atoms with E-state index < -0.39 is 22.6 Å². The predicted molar refractivity (Wildman–Crippen MR) is 57.9 cm³/mol.